The molecule has 11 heteroatoms. The normalized spacial score (nSPS) is 32.8. The van der Waals surface area contributed by atoms with E-state index in [9.17, 15) is 40.9 Å². The van der Waals surface area contributed by atoms with E-state index in [0.717, 1.165) is 6.07 Å². The molecule has 0 radical (unpaired) electrons. The molecule has 2 heterocycles. The number of rotatable bonds is 3. The van der Waals surface area contributed by atoms with Crippen LogP contribution in [0.5, 0.6) is 28.7 Å². The third-order valence-electron chi connectivity index (χ3n) is 5.34. The number of hydrogen-bond acceptors (Lipinski definition) is 11. The Morgan fingerprint density at radius 1 is 0.839 bits per heavy atom. The van der Waals surface area contributed by atoms with Gasteiger partial charge in [0.15, 0.2) is 23.9 Å². The lowest BCUT2D eigenvalue weighted by Gasteiger charge is -2.42. The van der Waals surface area contributed by atoms with E-state index in [0.29, 0.717) is 0 Å². The number of aliphatic hydroxyl groups is 4. The monoisotopic (exact) mass is 438 g/mol. The molecule has 0 bridgehead atoms. The van der Waals surface area contributed by atoms with Crippen molar-refractivity contribution in [2.75, 3.05) is 6.61 Å². The van der Waals surface area contributed by atoms with Gasteiger partial charge in [-0.1, -0.05) is 6.07 Å². The molecular weight excluding hydrogens is 416 g/mol. The minimum Gasteiger partial charge on any atom is -0.508 e. The van der Waals surface area contributed by atoms with E-state index in [1.165, 1.54) is 24.3 Å². The Morgan fingerprint density at radius 3 is 2.29 bits per heavy atom. The Morgan fingerprint density at radius 2 is 1.58 bits per heavy atom. The topological polar surface area (TPSA) is 190 Å². The summed E-state index contributed by atoms with van der Waals surface area (Å²) in [5, 5.41) is 80.2. The maximum atomic E-state index is 11.0. The first-order chi connectivity index (χ1) is 14.7. The van der Waals surface area contributed by atoms with Crippen molar-refractivity contribution in [2.24, 2.45) is 0 Å². The Hall–Kier alpha value is -2.80. The lowest BCUT2D eigenvalue weighted by molar-refractivity contribution is -0.300. The average molecular weight is 438 g/mol. The molecule has 0 saturated carbocycles. The van der Waals surface area contributed by atoms with Crippen LogP contribution in [0.3, 0.4) is 0 Å². The molecule has 31 heavy (non-hydrogen) atoms. The predicted octanol–water partition coefficient (Wildman–Crippen LogP) is -0.500. The molecule has 4 rings (SSSR count). The third kappa shape index (κ3) is 3.82. The Bertz CT molecular complexity index is 964. The zero-order chi connectivity index (χ0) is 22.4. The fourth-order valence-corrected chi connectivity index (χ4v) is 3.70. The number of hydrogen-bond donors (Lipinski definition) is 8. The molecule has 3 unspecified atom stereocenters. The number of fused-ring (bicyclic) bond motifs is 1. The van der Waals surface area contributed by atoms with E-state index in [4.69, 9.17) is 14.2 Å². The molecule has 2 aliphatic heterocycles. The summed E-state index contributed by atoms with van der Waals surface area (Å²) in [5.74, 6) is -1.70. The number of ether oxygens (including phenoxy) is 3. The minimum absolute atomic E-state index is 0.0528. The van der Waals surface area contributed by atoms with Crippen molar-refractivity contribution in [3.63, 3.8) is 0 Å². The number of phenolic OH excluding ortho intramolecular Hbond substituents is 4. The molecule has 11 nitrogen and oxygen atoms in total. The quantitative estimate of drug-likeness (QED) is 0.288. The van der Waals surface area contributed by atoms with Crippen LogP contribution in [0.2, 0.25) is 0 Å². The molecular formula is C20H22O11. The van der Waals surface area contributed by atoms with E-state index in [-0.39, 0.29) is 29.2 Å². The highest BCUT2D eigenvalue weighted by Gasteiger charge is 2.46. The number of aromatic hydroxyl groups is 4. The highest BCUT2D eigenvalue weighted by molar-refractivity contribution is 5.53. The fraction of sp³-hybridized carbons (Fsp3) is 0.400. The van der Waals surface area contributed by atoms with Crippen molar-refractivity contribution in [1.29, 1.82) is 0 Å². The molecule has 2 aromatic carbocycles. The first-order valence-electron chi connectivity index (χ1n) is 9.41. The van der Waals surface area contributed by atoms with Gasteiger partial charge in [0.2, 0.25) is 0 Å². The second-order valence-corrected chi connectivity index (χ2v) is 7.46. The summed E-state index contributed by atoms with van der Waals surface area (Å²) < 4.78 is 16.8. The van der Waals surface area contributed by atoms with E-state index >= 15 is 0 Å². The summed E-state index contributed by atoms with van der Waals surface area (Å²) >= 11 is 0. The largest absolute Gasteiger partial charge is 0.508 e. The molecule has 0 amide bonds. The molecule has 2 aliphatic rings. The van der Waals surface area contributed by atoms with Crippen LogP contribution < -0.4 is 4.74 Å². The van der Waals surface area contributed by atoms with E-state index < -0.39 is 60.2 Å². The number of phenols is 4. The van der Waals surface area contributed by atoms with Gasteiger partial charge in [-0.25, -0.2) is 0 Å². The number of benzene rings is 2. The molecule has 8 N–H and O–H groups in total. The number of aliphatic hydroxyl groups excluding tert-OH is 4. The lowest BCUT2D eigenvalue weighted by Crippen LogP contribution is -2.55. The zero-order valence-corrected chi connectivity index (χ0v) is 15.9. The summed E-state index contributed by atoms with van der Waals surface area (Å²) in [4.78, 5) is 0. The van der Waals surface area contributed by atoms with Crippen molar-refractivity contribution in [3.8, 4) is 28.7 Å². The SMILES string of the molecule is Oc1cc(O)c2c(c1)OC(c1ccc(O)c(O)c1)C(O[C@@H]1OC[C@H](O)[C@H](O)[C@H]1O)C2O. The minimum atomic E-state index is -1.65. The van der Waals surface area contributed by atoms with E-state index in [1.54, 1.807) is 0 Å². The van der Waals surface area contributed by atoms with Gasteiger partial charge in [0, 0.05) is 12.1 Å². The van der Waals surface area contributed by atoms with Crippen LogP contribution in [0.4, 0.5) is 0 Å². The molecule has 168 valence electrons. The van der Waals surface area contributed by atoms with Crippen LogP contribution in [0, 0.1) is 0 Å². The first-order valence-corrected chi connectivity index (χ1v) is 9.41. The summed E-state index contributed by atoms with van der Waals surface area (Å²) in [7, 11) is 0. The smallest absolute Gasteiger partial charge is 0.186 e. The van der Waals surface area contributed by atoms with Gasteiger partial charge in [-0.2, -0.15) is 0 Å². The standard InChI is InChI=1S/C20H22O11/c21-8-4-11(24)14-13(5-8)30-18(7-1-2-9(22)10(23)3-7)19(16(14)27)31-20-17(28)15(26)12(25)6-29-20/h1-5,12,15-28H,6H2/t12-,15-,16?,17+,18?,19?,20-/m0/s1. The molecule has 0 spiro atoms. The Kier molecular flexibility index (Phi) is 5.56. The molecule has 2 aromatic rings. The molecule has 0 aliphatic carbocycles. The average Bonchev–Trinajstić information content (AvgIpc) is 2.71. The molecule has 7 atom stereocenters. The highest BCUT2D eigenvalue weighted by atomic mass is 16.7. The van der Waals surface area contributed by atoms with Crippen molar-refractivity contribution >= 4 is 0 Å². The van der Waals surface area contributed by atoms with Gasteiger partial charge in [-0.05, 0) is 17.7 Å². The third-order valence-corrected chi connectivity index (χ3v) is 5.34. The van der Waals surface area contributed by atoms with Crippen molar-refractivity contribution in [1.82, 2.24) is 0 Å². The van der Waals surface area contributed by atoms with Gasteiger partial charge in [-0.3, -0.25) is 0 Å². The van der Waals surface area contributed by atoms with Crippen molar-refractivity contribution in [2.45, 2.75) is 42.9 Å². The van der Waals surface area contributed by atoms with Gasteiger partial charge in [0.25, 0.3) is 0 Å². The van der Waals surface area contributed by atoms with Crippen molar-refractivity contribution < 1.29 is 55.1 Å². The zero-order valence-electron chi connectivity index (χ0n) is 15.9. The maximum Gasteiger partial charge on any atom is 0.186 e. The van der Waals surface area contributed by atoms with Crippen LogP contribution in [-0.2, 0) is 9.47 Å². The van der Waals surface area contributed by atoms with Gasteiger partial charge in [0.05, 0.1) is 12.2 Å². The van der Waals surface area contributed by atoms with Crippen LogP contribution in [0.1, 0.15) is 23.3 Å². The highest BCUT2D eigenvalue weighted by Crippen LogP contribution is 2.49. The van der Waals surface area contributed by atoms with E-state index in [1.807, 2.05) is 0 Å². The summed E-state index contributed by atoms with van der Waals surface area (Å²) in [6.45, 7) is -0.340. The Balaban J connectivity index is 1.73. The Labute approximate surface area is 175 Å². The van der Waals surface area contributed by atoms with Crippen LogP contribution in [-0.4, -0.2) is 78.2 Å². The van der Waals surface area contributed by atoms with Gasteiger partial charge < -0.3 is 55.1 Å². The second kappa shape index (κ2) is 8.04. The second-order valence-electron chi connectivity index (χ2n) is 7.46. The van der Waals surface area contributed by atoms with Gasteiger partial charge in [0.1, 0.15) is 47.8 Å². The maximum absolute atomic E-state index is 11.0. The van der Waals surface area contributed by atoms with Gasteiger partial charge in [-0.15, -0.1) is 0 Å². The molecule has 0 aromatic heterocycles. The van der Waals surface area contributed by atoms with Gasteiger partial charge >= 0.3 is 0 Å². The fourth-order valence-electron chi connectivity index (χ4n) is 3.70. The molecule has 1 fully saturated rings. The molecule has 1 saturated heterocycles. The van der Waals surface area contributed by atoms with Crippen LogP contribution >= 0.6 is 0 Å². The lowest BCUT2D eigenvalue weighted by atomic mass is 9.91. The van der Waals surface area contributed by atoms with Crippen LogP contribution in [0.15, 0.2) is 30.3 Å². The summed E-state index contributed by atoms with van der Waals surface area (Å²) in [6.07, 6.45) is -10.1. The summed E-state index contributed by atoms with van der Waals surface area (Å²) in [6, 6.07) is 5.94. The summed E-state index contributed by atoms with van der Waals surface area (Å²) in [5.41, 5.74) is 0.159. The first kappa shape index (κ1) is 21.4. The van der Waals surface area contributed by atoms with E-state index in [2.05, 4.69) is 0 Å². The predicted molar refractivity (Wildman–Crippen MR) is 101 cm³/mol. The van der Waals surface area contributed by atoms with Crippen molar-refractivity contribution in [3.05, 3.63) is 41.5 Å². The van der Waals surface area contributed by atoms with Crippen LogP contribution in [0.25, 0.3) is 0 Å².